The average molecular weight is 593 g/mol. The van der Waals surface area contributed by atoms with Gasteiger partial charge in [0.1, 0.15) is 12.7 Å². The second kappa shape index (κ2) is 12.6. The van der Waals surface area contributed by atoms with Gasteiger partial charge in [0.15, 0.2) is 17.3 Å². The van der Waals surface area contributed by atoms with E-state index in [-0.39, 0.29) is 30.5 Å². The fraction of sp³-hybridized carbons (Fsp3) is 0.583. The lowest BCUT2D eigenvalue weighted by molar-refractivity contribution is -0.341. The van der Waals surface area contributed by atoms with E-state index < -0.39 is 24.0 Å². The van der Waals surface area contributed by atoms with Gasteiger partial charge in [-0.3, -0.25) is 0 Å². The third-order valence-corrected chi connectivity index (χ3v) is 9.18. The number of esters is 1. The Balaban J connectivity index is 1.54. The van der Waals surface area contributed by atoms with Gasteiger partial charge in [0.05, 0.1) is 23.9 Å². The molecule has 2 fully saturated rings. The predicted octanol–water partition coefficient (Wildman–Crippen LogP) is 7.20. The van der Waals surface area contributed by atoms with E-state index in [0.717, 1.165) is 17.6 Å². The van der Waals surface area contributed by atoms with Crippen LogP contribution in [0.15, 0.2) is 47.6 Å². The molecule has 4 aliphatic rings. The summed E-state index contributed by atoms with van der Waals surface area (Å²) in [4.78, 5) is 13.9. The highest BCUT2D eigenvalue weighted by Gasteiger charge is 2.52. The molecule has 2 N–H and O–H groups in total. The fourth-order valence-electron chi connectivity index (χ4n) is 7.11. The SMILES string of the molecule is C/C1=C/C[C@@H]2C[C@@H](C[C@]3(C[C@H](O)[C@H](C)[C@@H](/C(C)=C/C(C)C)O3)O2)OC(=O)c2cc(C)c(O)c3c2C(=C/C=C\[C@H](C)C1)CO3. The normalized spacial score (nSPS) is 35.5. The Labute approximate surface area is 256 Å². The van der Waals surface area contributed by atoms with Gasteiger partial charge in [0.2, 0.25) is 0 Å². The van der Waals surface area contributed by atoms with Crippen LogP contribution in [0.1, 0.15) is 95.1 Å². The summed E-state index contributed by atoms with van der Waals surface area (Å²) >= 11 is 0. The number of phenols is 1. The molecule has 2 saturated heterocycles. The highest BCUT2D eigenvalue weighted by molar-refractivity contribution is 5.99. The first-order valence-corrected chi connectivity index (χ1v) is 15.8. The first kappa shape index (κ1) is 31.6. The van der Waals surface area contributed by atoms with Crippen LogP contribution in [-0.4, -0.2) is 53.0 Å². The molecule has 4 heterocycles. The van der Waals surface area contributed by atoms with Crippen molar-refractivity contribution in [3.8, 4) is 11.5 Å². The van der Waals surface area contributed by atoms with E-state index in [2.05, 4.69) is 52.8 Å². The molecule has 5 rings (SSSR count). The van der Waals surface area contributed by atoms with Crippen LogP contribution >= 0.6 is 0 Å². The van der Waals surface area contributed by atoms with Crippen molar-refractivity contribution in [2.45, 2.75) is 111 Å². The Morgan fingerprint density at radius 3 is 2.65 bits per heavy atom. The monoisotopic (exact) mass is 592 g/mol. The zero-order valence-electron chi connectivity index (χ0n) is 26.7. The van der Waals surface area contributed by atoms with Crippen molar-refractivity contribution in [3.05, 3.63) is 64.3 Å². The number of aliphatic hydroxyl groups is 1. The molecule has 43 heavy (non-hydrogen) atoms. The third-order valence-electron chi connectivity index (χ3n) is 9.18. The Hall–Kier alpha value is -2.87. The van der Waals surface area contributed by atoms with Crippen LogP contribution in [0, 0.1) is 24.7 Å². The van der Waals surface area contributed by atoms with E-state index in [0.29, 0.717) is 60.0 Å². The van der Waals surface area contributed by atoms with Gasteiger partial charge in [0.25, 0.3) is 0 Å². The number of fused-ring (bicyclic) bond motifs is 2. The first-order chi connectivity index (χ1) is 20.4. The van der Waals surface area contributed by atoms with Crippen molar-refractivity contribution in [3.63, 3.8) is 0 Å². The molecule has 234 valence electrons. The Morgan fingerprint density at radius 2 is 1.91 bits per heavy atom. The molecule has 0 aliphatic carbocycles. The molecule has 7 nitrogen and oxygen atoms in total. The van der Waals surface area contributed by atoms with Crippen LogP contribution in [0.3, 0.4) is 0 Å². The van der Waals surface area contributed by atoms with Gasteiger partial charge >= 0.3 is 5.97 Å². The lowest BCUT2D eigenvalue weighted by atomic mass is 9.81. The summed E-state index contributed by atoms with van der Waals surface area (Å²) in [5.41, 5.74) is 4.67. The van der Waals surface area contributed by atoms with Crippen molar-refractivity contribution in [2.24, 2.45) is 17.8 Å². The van der Waals surface area contributed by atoms with E-state index in [9.17, 15) is 15.0 Å². The van der Waals surface area contributed by atoms with Gasteiger partial charge < -0.3 is 29.2 Å². The van der Waals surface area contributed by atoms with Crippen molar-refractivity contribution < 1.29 is 34.0 Å². The van der Waals surface area contributed by atoms with Gasteiger partial charge in [-0.2, -0.15) is 0 Å². The lowest BCUT2D eigenvalue weighted by Crippen LogP contribution is -2.58. The van der Waals surface area contributed by atoms with Gasteiger partial charge in [-0.25, -0.2) is 4.79 Å². The molecule has 7 heteroatoms. The van der Waals surface area contributed by atoms with Gasteiger partial charge in [-0.15, -0.1) is 0 Å². The molecule has 1 spiro atoms. The molecule has 0 aromatic heterocycles. The summed E-state index contributed by atoms with van der Waals surface area (Å²) < 4.78 is 25.7. The van der Waals surface area contributed by atoms with Crippen LogP contribution in [0.25, 0.3) is 5.57 Å². The topological polar surface area (TPSA) is 94.5 Å². The number of aryl methyl sites for hydroxylation is 1. The Kier molecular flexibility index (Phi) is 9.26. The molecule has 0 radical (unpaired) electrons. The standard InChI is InChI=1S/C36H48O7/c1-20(2)13-24(6)33-25(7)30(37)18-36(43-33)17-28-16-27(42-36)12-11-22(4)14-21(3)9-8-10-26-19-40-34-31(26)29(35(39)41-28)15-23(5)32(34)38/h8-11,13,15,20-21,25,27-28,30,33,37-38H,12,14,16-19H2,1-7H3/b9-8-,22-11-,24-13+,26-10?/t21-,25-,27+,28-,30-,33+,36-/m0/s1. The molecular formula is C36H48O7. The summed E-state index contributed by atoms with van der Waals surface area (Å²) in [5, 5.41) is 22.0. The van der Waals surface area contributed by atoms with Gasteiger partial charge in [0, 0.05) is 36.3 Å². The highest BCUT2D eigenvalue weighted by atomic mass is 16.7. The summed E-state index contributed by atoms with van der Waals surface area (Å²) in [6, 6.07) is 1.69. The summed E-state index contributed by atoms with van der Waals surface area (Å²) in [6.45, 7) is 14.7. The smallest absolute Gasteiger partial charge is 0.339 e. The first-order valence-electron chi connectivity index (χ1n) is 15.8. The number of carbonyl (C=O) groups excluding carboxylic acids is 1. The van der Waals surface area contributed by atoms with E-state index in [1.807, 2.05) is 19.1 Å². The zero-order valence-corrected chi connectivity index (χ0v) is 26.7. The summed E-state index contributed by atoms with van der Waals surface area (Å²) in [5.74, 6) is -0.632. The largest absolute Gasteiger partial charge is 0.504 e. The van der Waals surface area contributed by atoms with Crippen LogP contribution < -0.4 is 4.74 Å². The molecule has 7 atom stereocenters. The molecule has 0 unspecified atom stereocenters. The molecule has 1 aromatic carbocycles. The minimum absolute atomic E-state index is 0.0436. The lowest BCUT2D eigenvalue weighted by Gasteiger charge is -2.51. The molecule has 0 amide bonds. The number of hydrogen-bond donors (Lipinski definition) is 2. The number of hydrogen-bond acceptors (Lipinski definition) is 7. The second-order valence-electron chi connectivity index (χ2n) is 13.6. The van der Waals surface area contributed by atoms with Gasteiger partial charge in [-0.05, 0) is 62.7 Å². The molecule has 1 aromatic rings. The number of ether oxygens (including phenoxy) is 4. The third kappa shape index (κ3) is 6.79. The van der Waals surface area contributed by atoms with Crippen LogP contribution in [0.2, 0.25) is 0 Å². The van der Waals surface area contributed by atoms with E-state index >= 15 is 0 Å². The fourth-order valence-corrected chi connectivity index (χ4v) is 7.11. The highest BCUT2D eigenvalue weighted by Crippen LogP contribution is 2.47. The minimum atomic E-state index is -1.08. The summed E-state index contributed by atoms with van der Waals surface area (Å²) in [6.07, 6.45) is 11.6. The van der Waals surface area contributed by atoms with E-state index in [1.165, 1.54) is 5.57 Å². The van der Waals surface area contributed by atoms with Crippen LogP contribution in [0.5, 0.6) is 11.5 Å². The number of aromatic hydroxyl groups is 1. The molecular weight excluding hydrogens is 544 g/mol. The minimum Gasteiger partial charge on any atom is -0.504 e. The molecule has 4 aliphatic heterocycles. The number of carbonyl (C=O) groups is 1. The quantitative estimate of drug-likeness (QED) is 0.277. The van der Waals surface area contributed by atoms with E-state index in [1.54, 1.807) is 13.0 Å². The maximum absolute atomic E-state index is 13.9. The van der Waals surface area contributed by atoms with Crippen molar-refractivity contribution in [1.82, 2.24) is 0 Å². The number of aliphatic hydroxyl groups excluding tert-OH is 1. The zero-order chi connectivity index (χ0) is 31.1. The van der Waals surface area contributed by atoms with Gasteiger partial charge in [-0.1, -0.05) is 63.6 Å². The number of benzene rings is 1. The second-order valence-corrected chi connectivity index (χ2v) is 13.6. The van der Waals surface area contributed by atoms with Crippen molar-refractivity contribution >= 4 is 11.5 Å². The maximum Gasteiger partial charge on any atom is 0.339 e. The number of phenolic OH excluding ortho intramolecular Hbond substituents is 1. The molecule has 0 saturated carbocycles. The maximum atomic E-state index is 13.9. The van der Waals surface area contributed by atoms with Crippen LogP contribution in [-0.2, 0) is 14.2 Å². The number of rotatable bonds is 2. The summed E-state index contributed by atoms with van der Waals surface area (Å²) in [7, 11) is 0. The molecule has 2 bridgehead atoms. The number of allylic oxidation sites excluding steroid dienone is 5. The van der Waals surface area contributed by atoms with E-state index in [4.69, 9.17) is 18.9 Å². The van der Waals surface area contributed by atoms with Crippen molar-refractivity contribution in [1.29, 1.82) is 0 Å². The van der Waals surface area contributed by atoms with Crippen molar-refractivity contribution in [2.75, 3.05) is 6.61 Å². The van der Waals surface area contributed by atoms with Crippen LogP contribution in [0.4, 0.5) is 0 Å². The predicted molar refractivity (Wildman–Crippen MR) is 167 cm³/mol. The average Bonchev–Trinajstić information content (AvgIpc) is 3.34. The Bertz CT molecular complexity index is 1350. The Morgan fingerprint density at radius 1 is 1.14 bits per heavy atom.